The summed E-state index contributed by atoms with van der Waals surface area (Å²) in [5.41, 5.74) is 0.845. The number of carbonyl (C=O) groups excluding carboxylic acids is 1. The lowest BCUT2D eigenvalue weighted by Gasteiger charge is -2.62. The summed E-state index contributed by atoms with van der Waals surface area (Å²) in [4.78, 5) is 12.3. The zero-order valence-electron chi connectivity index (χ0n) is 21.1. The number of rotatable bonds is 4. The number of carbonyl (C=O) groups is 1. The Bertz CT molecular complexity index is 880. The molecule has 7 heteroatoms. The standard InChI is InChI=1S/C23H33NO4.C4H8O2/c1-16-3-6-19(25)13-20(16)21-9-10-24(14-18-4-5-18)17(2)23(21,26)8-7-22(15-21)27-11-12-28-22;1-3-6-4(2)5/h3,6,13,17-18,25-26H,4-5,7-12,14-15H2,1-2H3;3H2,1-2H3. The van der Waals surface area contributed by atoms with Crippen LogP contribution in [0.1, 0.15) is 70.4 Å². The number of fused-ring (bicyclic) bond motifs is 1. The first-order chi connectivity index (χ1) is 16.1. The van der Waals surface area contributed by atoms with Gasteiger partial charge in [0.15, 0.2) is 5.79 Å². The van der Waals surface area contributed by atoms with Crippen LogP contribution in [0.5, 0.6) is 5.75 Å². The lowest BCUT2D eigenvalue weighted by molar-refractivity contribution is -0.254. The van der Waals surface area contributed by atoms with Gasteiger partial charge in [0.2, 0.25) is 0 Å². The van der Waals surface area contributed by atoms with Crippen molar-refractivity contribution in [3.05, 3.63) is 29.3 Å². The summed E-state index contributed by atoms with van der Waals surface area (Å²) < 4.78 is 16.6. The smallest absolute Gasteiger partial charge is 0.302 e. The quantitative estimate of drug-likeness (QED) is 0.643. The molecule has 2 aliphatic carbocycles. The molecule has 2 aliphatic heterocycles. The Kier molecular flexibility index (Phi) is 7.30. The van der Waals surface area contributed by atoms with E-state index in [2.05, 4.69) is 23.5 Å². The highest BCUT2D eigenvalue weighted by atomic mass is 16.7. The monoisotopic (exact) mass is 475 g/mol. The molecular formula is C27H41NO6. The maximum absolute atomic E-state index is 12.3. The van der Waals surface area contributed by atoms with Crippen LogP contribution in [0.15, 0.2) is 18.2 Å². The molecule has 0 bridgehead atoms. The fourth-order valence-corrected chi connectivity index (χ4v) is 6.48. The van der Waals surface area contributed by atoms with E-state index in [1.165, 1.54) is 19.8 Å². The van der Waals surface area contributed by atoms with Gasteiger partial charge in [0.05, 0.1) is 25.4 Å². The molecule has 2 heterocycles. The number of benzene rings is 1. The minimum atomic E-state index is -0.862. The zero-order valence-corrected chi connectivity index (χ0v) is 21.1. The average Bonchev–Trinajstić information content (AvgIpc) is 3.51. The summed E-state index contributed by atoms with van der Waals surface area (Å²) in [6.45, 7) is 11.2. The van der Waals surface area contributed by atoms with Crippen LogP contribution in [-0.4, -0.2) is 71.4 Å². The van der Waals surface area contributed by atoms with E-state index >= 15 is 0 Å². The molecule has 2 saturated heterocycles. The Morgan fingerprint density at radius 3 is 2.50 bits per heavy atom. The Hall–Kier alpha value is -1.67. The number of likely N-dealkylation sites (tertiary alicyclic amines) is 1. The van der Waals surface area contributed by atoms with Gasteiger partial charge in [0.1, 0.15) is 5.75 Å². The fourth-order valence-electron chi connectivity index (χ4n) is 6.48. The Morgan fingerprint density at radius 2 is 1.91 bits per heavy atom. The van der Waals surface area contributed by atoms with Gasteiger partial charge in [0.25, 0.3) is 0 Å². The van der Waals surface area contributed by atoms with Gasteiger partial charge in [-0.25, -0.2) is 0 Å². The van der Waals surface area contributed by atoms with Crippen molar-refractivity contribution in [3.63, 3.8) is 0 Å². The molecule has 0 radical (unpaired) electrons. The molecular weight excluding hydrogens is 434 g/mol. The van der Waals surface area contributed by atoms with Crippen LogP contribution >= 0.6 is 0 Å². The summed E-state index contributed by atoms with van der Waals surface area (Å²) in [6.07, 6.45) is 5.55. The molecule has 0 amide bonds. The maximum atomic E-state index is 12.3. The second-order valence-electron chi connectivity index (χ2n) is 10.6. The topological polar surface area (TPSA) is 88.5 Å². The van der Waals surface area contributed by atoms with Gasteiger partial charge in [-0.15, -0.1) is 0 Å². The van der Waals surface area contributed by atoms with Crippen molar-refractivity contribution in [3.8, 4) is 5.75 Å². The van der Waals surface area contributed by atoms with Crippen molar-refractivity contribution >= 4 is 5.97 Å². The first kappa shape index (κ1) is 25.4. The van der Waals surface area contributed by atoms with Crippen LogP contribution in [0.4, 0.5) is 0 Å². The number of piperidine rings is 1. The van der Waals surface area contributed by atoms with E-state index in [4.69, 9.17) is 9.47 Å². The zero-order chi connectivity index (χ0) is 24.6. The van der Waals surface area contributed by atoms with Gasteiger partial charge in [-0.3, -0.25) is 9.69 Å². The molecule has 34 heavy (non-hydrogen) atoms. The molecule has 7 nitrogen and oxygen atoms in total. The van der Waals surface area contributed by atoms with Crippen molar-refractivity contribution in [1.29, 1.82) is 0 Å². The second kappa shape index (κ2) is 9.76. The third-order valence-electron chi connectivity index (χ3n) is 8.44. The lowest BCUT2D eigenvalue weighted by Crippen LogP contribution is -2.72. The van der Waals surface area contributed by atoms with E-state index in [9.17, 15) is 15.0 Å². The first-order valence-electron chi connectivity index (χ1n) is 12.8. The van der Waals surface area contributed by atoms with Gasteiger partial charge in [-0.1, -0.05) is 6.07 Å². The van der Waals surface area contributed by atoms with Crippen LogP contribution in [0.3, 0.4) is 0 Å². The van der Waals surface area contributed by atoms with Crippen molar-refractivity contribution in [2.24, 2.45) is 5.92 Å². The number of aryl methyl sites for hydroxylation is 1. The van der Waals surface area contributed by atoms with E-state index in [0.717, 1.165) is 43.0 Å². The molecule has 0 aromatic heterocycles. The maximum Gasteiger partial charge on any atom is 0.302 e. The lowest BCUT2D eigenvalue weighted by atomic mass is 9.52. The number of aromatic hydroxyl groups is 1. The average molecular weight is 476 g/mol. The predicted octanol–water partition coefficient (Wildman–Crippen LogP) is 3.67. The number of aliphatic hydroxyl groups is 1. The van der Waals surface area contributed by atoms with Crippen molar-refractivity contribution in [2.45, 2.75) is 89.1 Å². The molecule has 1 aromatic rings. The van der Waals surface area contributed by atoms with Crippen molar-refractivity contribution in [1.82, 2.24) is 4.90 Å². The van der Waals surface area contributed by atoms with E-state index < -0.39 is 16.8 Å². The molecule has 3 atom stereocenters. The number of ether oxygens (including phenoxy) is 3. The molecule has 1 aromatic carbocycles. The Morgan fingerprint density at radius 1 is 1.21 bits per heavy atom. The first-order valence-corrected chi connectivity index (χ1v) is 12.8. The largest absolute Gasteiger partial charge is 0.508 e. The summed E-state index contributed by atoms with van der Waals surface area (Å²) in [6, 6.07) is 5.65. The van der Waals surface area contributed by atoms with Crippen LogP contribution in [0.25, 0.3) is 0 Å². The predicted molar refractivity (Wildman–Crippen MR) is 129 cm³/mol. The van der Waals surface area contributed by atoms with Crippen molar-refractivity contribution < 1.29 is 29.2 Å². The minimum Gasteiger partial charge on any atom is -0.508 e. The van der Waals surface area contributed by atoms with E-state index in [1.807, 2.05) is 12.1 Å². The van der Waals surface area contributed by atoms with Crippen LogP contribution in [0.2, 0.25) is 0 Å². The second-order valence-corrected chi connectivity index (χ2v) is 10.6. The normalized spacial score (nSPS) is 32.6. The summed E-state index contributed by atoms with van der Waals surface area (Å²) in [7, 11) is 0. The third kappa shape index (κ3) is 4.72. The molecule has 4 fully saturated rings. The van der Waals surface area contributed by atoms with Crippen LogP contribution < -0.4 is 0 Å². The number of phenols is 1. The number of nitrogens with zero attached hydrogens (tertiary/aromatic N) is 1. The number of hydrogen-bond acceptors (Lipinski definition) is 7. The van der Waals surface area contributed by atoms with E-state index in [-0.39, 0.29) is 17.8 Å². The van der Waals surface area contributed by atoms with Gasteiger partial charge in [0, 0.05) is 37.8 Å². The SMILES string of the molecule is CCOC(C)=O.Cc1ccc(O)cc1C12CCN(CC3CC3)C(C)C1(O)CCC1(C2)OCCO1. The van der Waals surface area contributed by atoms with Gasteiger partial charge in [-0.2, -0.15) is 0 Å². The number of esters is 1. The molecule has 4 aliphatic rings. The third-order valence-corrected chi connectivity index (χ3v) is 8.44. The molecule has 1 spiro atoms. The molecule has 2 saturated carbocycles. The van der Waals surface area contributed by atoms with Gasteiger partial charge < -0.3 is 24.4 Å². The fraction of sp³-hybridized carbons (Fsp3) is 0.741. The molecule has 3 unspecified atom stereocenters. The number of hydrogen-bond donors (Lipinski definition) is 2. The highest BCUT2D eigenvalue weighted by Crippen LogP contribution is 2.59. The summed E-state index contributed by atoms with van der Waals surface area (Å²) >= 11 is 0. The number of phenolic OH excluding ortho intramolecular Hbond substituents is 1. The highest BCUT2D eigenvalue weighted by molar-refractivity contribution is 5.65. The van der Waals surface area contributed by atoms with Crippen LogP contribution in [0, 0.1) is 12.8 Å². The van der Waals surface area contributed by atoms with E-state index in [0.29, 0.717) is 32.7 Å². The van der Waals surface area contributed by atoms with Crippen LogP contribution in [-0.2, 0) is 24.4 Å². The molecule has 190 valence electrons. The van der Waals surface area contributed by atoms with Gasteiger partial charge in [-0.05, 0) is 82.2 Å². The Labute approximate surface area is 203 Å². The van der Waals surface area contributed by atoms with Crippen molar-refractivity contribution in [2.75, 3.05) is 32.9 Å². The summed E-state index contributed by atoms with van der Waals surface area (Å²) in [5, 5.41) is 22.6. The summed E-state index contributed by atoms with van der Waals surface area (Å²) in [5.74, 6) is 0.260. The Balaban J connectivity index is 0.000000408. The molecule has 2 N–H and O–H groups in total. The molecule has 5 rings (SSSR count). The highest BCUT2D eigenvalue weighted by Gasteiger charge is 2.65. The minimum absolute atomic E-state index is 0.0716. The van der Waals surface area contributed by atoms with Gasteiger partial charge >= 0.3 is 5.97 Å². The van der Waals surface area contributed by atoms with E-state index in [1.54, 1.807) is 13.0 Å².